The molecule has 0 saturated heterocycles. The van der Waals surface area contributed by atoms with E-state index < -0.39 is 18.3 Å². The third-order valence-electron chi connectivity index (χ3n) is 3.53. The van der Waals surface area contributed by atoms with E-state index in [-0.39, 0.29) is 11.5 Å². The van der Waals surface area contributed by atoms with Crippen LogP contribution in [0.2, 0.25) is 0 Å². The normalized spacial score (nSPS) is 26.7. The van der Waals surface area contributed by atoms with Gasteiger partial charge in [0.25, 0.3) is 0 Å². The molecule has 1 heterocycles. The average Bonchev–Trinajstić information content (AvgIpc) is 2.82. The van der Waals surface area contributed by atoms with Gasteiger partial charge in [-0.2, -0.15) is 0 Å². The third-order valence-corrected chi connectivity index (χ3v) is 3.53. The van der Waals surface area contributed by atoms with Gasteiger partial charge in [0.15, 0.2) is 5.78 Å². The van der Waals surface area contributed by atoms with Gasteiger partial charge in [0, 0.05) is 19.6 Å². The molecule has 3 atom stereocenters. The SMILES string of the molecule is CO[C@H]1[C@H](O)c2oc3ccccc3c2C(=O)[C@@H]1OC. The lowest BCUT2D eigenvalue weighted by molar-refractivity contribution is -0.0933. The first-order valence-corrected chi connectivity index (χ1v) is 5.98. The summed E-state index contributed by atoms with van der Waals surface area (Å²) < 4.78 is 15.9. The molecule has 5 heteroatoms. The van der Waals surface area contributed by atoms with Crippen molar-refractivity contribution in [2.75, 3.05) is 14.2 Å². The number of aliphatic hydroxyl groups is 1. The number of ether oxygens (including phenoxy) is 2. The molecule has 1 N–H and O–H groups in total. The summed E-state index contributed by atoms with van der Waals surface area (Å²) in [5.74, 6) is 0.0333. The van der Waals surface area contributed by atoms with Gasteiger partial charge < -0.3 is 19.0 Å². The molecular formula is C14H14O5. The van der Waals surface area contributed by atoms with Gasteiger partial charge in [0.2, 0.25) is 0 Å². The number of carbonyl (C=O) groups excluding carboxylic acids is 1. The highest BCUT2D eigenvalue weighted by atomic mass is 16.5. The molecule has 1 aromatic carbocycles. The van der Waals surface area contributed by atoms with Crippen LogP contribution in [0.15, 0.2) is 28.7 Å². The van der Waals surface area contributed by atoms with E-state index >= 15 is 0 Å². The Hall–Kier alpha value is -1.69. The highest BCUT2D eigenvalue weighted by Crippen LogP contribution is 2.39. The average molecular weight is 262 g/mol. The fourth-order valence-corrected chi connectivity index (χ4v) is 2.63. The number of fused-ring (bicyclic) bond motifs is 3. The number of furan rings is 1. The van der Waals surface area contributed by atoms with Crippen LogP contribution in [0.1, 0.15) is 22.2 Å². The van der Waals surface area contributed by atoms with Crippen molar-refractivity contribution in [2.45, 2.75) is 18.3 Å². The van der Waals surface area contributed by atoms with Crippen LogP contribution in [-0.4, -0.2) is 37.3 Å². The monoisotopic (exact) mass is 262 g/mol. The Balaban J connectivity index is 2.25. The van der Waals surface area contributed by atoms with Crippen LogP contribution in [0.4, 0.5) is 0 Å². The predicted octanol–water partition coefficient (Wildman–Crippen LogP) is 1.69. The quantitative estimate of drug-likeness (QED) is 0.892. The molecular weight excluding hydrogens is 248 g/mol. The van der Waals surface area contributed by atoms with Crippen molar-refractivity contribution < 1.29 is 23.8 Å². The van der Waals surface area contributed by atoms with Crippen molar-refractivity contribution in [2.24, 2.45) is 0 Å². The predicted molar refractivity (Wildman–Crippen MR) is 67.1 cm³/mol. The lowest BCUT2D eigenvalue weighted by Gasteiger charge is -2.31. The molecule has 0 fully saturated rings. The molecule has 0 radical (unpaired) electrons. The minimum absolute atomic E-state index is 0.223. The number of Topliss-reactive ketones (excluding diaryl/α,β-unsaturated/α-hetero) is 1. The van der Waals surface area contributed by atoms with Crippen molar-refractivity contribution >= 4 is 16.8 Å². The standard InChI is InChI=1S/C14H14O5/c1-17-13-10(15)9-7-5-3-4-6-8(7)19-12(9)11(16)14(13)18-2/h3-6,11,13-14,16H,1-2H3/t11-,13+,14+/m1/s1. The maximum absolute atomic E-state index is 12.5. The maximum atomic E-state index is 12.5. The molecule has 0 spiro atoms. The van der Waals surface area contributed by atoms with Crippen LogP contribution < -0.4 is 0 Å². The molecule has 1 aromatic heterocycles. The first kappa shape index (κ1) is 12.3. The largest absolute Gasteiger partial charge is 0.457 e. The number of hydrogen-bond acceptors (Lipinski definition) is 5. The highest BCUT2D eigenvalue weighted by Gasteiger charge is 2.45. The number of carbonyl (C=O) groups is 1. The number of aliphatic hydroxyl groups excluding tert-OH is 1. The second kappa shape index (κ2) is 4.45. The minimum Gasteiger partial charge on any atom is -0.457 e. The lowest BCUT2D eigenvalue weighted by atomic mass is 9.88. The van der Waals surface area contributed by atoms with E-state index in [2.05, 4.69) is 0 Å². The molecule has 100 valence electrons. The van der Waals surface area contributed by atoms with E-state index in [0.717, 1.165) is 0 Å². The molecule has 1 aliphatic carbocycles. The van der Waals surface area contributed by atoms with Gasteiger partial charge in [0.05, 0.1) is 5.56 Å². The second-order valence-corrected chi connectivity index (χ2v) is 4.50. The fourth-order valence-electron chi connectivity index (χ4n) is 2.63. The number of hydrogen-bond donors (Lipinski definition) is 1. The van der Waals surface area contributed by atoms with Crippen LogP contribution in [-0.2, 0) is 9.47 Å². The summed E-state index contributed by atoms with van der Waals surface area (Å²) in [6, 6.07) is 7.19. The van der Waals surface area contributed by atoms with E-state index in [0.29, 0.717) is 16.5 Å². The highest BCUT2D eigenvalue weighted by molar-refractivity contribution is 6.11. The Bertz CT molecular complexity index is 630. The summed E-state index contributed by atoms with van der Waals surface area (Å²) in [6.07, 6.45) is -2.60. The molecule has 19 heavy (non-hydrogen) atoms. The number of ketones is 1. The summed E-state index contributed by atoms with van der Waals surface area (Å²) in [7, 11) is 2.86. The number of benzene rings is 1. The van der Waals surface area contributed by atoms with E-state index in [1.165, 1.54) is 14.2 Å². The summed E-state index contributed by atoms with van der Waals surface area (Å²) in [5, 5.41) is 11.0. The third kappa shape index (κ3) is 1.63. The van der Waals surface area contributed by atoms with E-state index in [1.54, 1.807) is 12.1 Å². The van der Waals surface area contributed by atoms with Gasteiger partial charge in [-0.3, -0.25) is 4.79 Å². The molecule has 1 aliphatic rings. The summed E-state index contributed by atoms with van der Waals surface area (Å²) in [6.45, 7) is 0. The number of rotatable bonds is 2. The van der Waals surface area contributed by atoms with Crippen LogP contribution >= 0.6 is 0 Å². The van der Waals surface area contributed by atoms with Crippen LogP contribution in [0.5, 0.6) is 0 Å². The molecule has 3 rings (SSSR count). The second-order valence-electron chi connectivity index (χ2n) is 4.50. The summed E-state index contributed by atoms with van der Waals surface area (Å²) in [5.41, 5.74) is 0.967. The zero-order valence-corrected chi connectivity index (χ0v) is 10.6. The Morgan fingerprint density at radius 1 is 1.21 bits per heavy atom. The van der Waals surface area contributed by atoms with Crippen molar-refractivity contribution in [1.29, 1.82) is 0 Å². The minimum atomic E-state index is -1.02. The first-order valence-electron chi connectivity index (χ1n) is 5.98. The molecule has 0 unspecified atom stereocenters. The first-order chi connectivity index (χ1) is 9.19. The molecule has 5 nitrogen and oxygen atoms in total. The number of para-hydroxylation sites is 1. The smallest absolute Gasteiger partial charge is 0.198 e. The van der Waals surface area contributed by atoms with Crippen molar-refractivity contribution in [3.63, 3.8) is 0 Å². The zero-order chi connectivity index (χ0) is 13.6. The Morgan fingerprint density at radius 2 is 1.95 bits per heavy atom. The fraction of sp³-hybridized carbons (Fsp3) is 0.357. The van der Waals surface area contributed by atoms with Crippen LogP contribution in [0.25, 0.3) is 11.0 Å². The Labute approximate surface area is 109 Å². The van der Waals surface area contributed by atoms with Gasteiger partial charge in [-0.1, -0.05) is 18.2 Å². The molecule has 0 bridgehead atoms. The van der Waals surface area contributed by atoms with Gasteiger partial charge in [-0.15, -0.1) is 0 Å². The molecule has 0 amide bonds. The summed E-state index contributed by atoms with van der Waals surface area (Å²) >= 11 is 0. The van der Waals surface area contributed by atoms with E-state index in [1.807, 2.05) is 12.1 Å². The van der Waals surface area contributed by atoms with Crippen LogP contribution in [0.3, 0.4) is 0 Å². The van der Waals surface area contributed by atoms with Crippen LogP contribution in [0, 0.1) is 0 Å². The zero-order valence-electron chi connectivity index (χ0n) is 10.6. The Kier molecular flexibility index (Phi) is 2.89. The molecule has 2 aromatic rings. The maximum Gasteiger partial charge on any atom is 0.198 e. The van der Waals surface area contributed by atoms with E-state index in [4.69, 9.17) is 13.9 Å². The Morgan fingerprint density at radius 3 is 2.63 bits per heavy atom. The van der Waals surface area contributed by atoms with Crippen molar-refractivity contribution in [1.82, 2.24) is 0 Å². The van der Waals surface area contributed by atoms with Gasteiger partial charge in [0.1, 0.15) is 29.7 Å². The van der Waals surface area contributed by atoms with Gasteiger partial charge >= 0.3 is 0 Å². The van der Waals surface area contributed by atoms with Crippen molar-refractivity contribution in [3.8, 4) is 0 Å². The van der Waals surface area contributed by atoms with Gasteiger partial charge in [-0.05, 0) is 6.07 Å². The van der Waals surface area contributed by atoms with Gasteiger partial charge in [-0.25, -0.2) is 0 Å². The number of methoxy groups -OCH3 is 2. The topological polar surface area (TPSA) is 68.9 Å². The lowest BCUT2D eigenvalue weighted by Crippen LogP contribution is -2.45. The van der Waals surface area contributed by atoms with Crippen molar-refractivity contribution in [3.05, 3.63) is 35.6 Å². The molecule has 0 saturated carbocycles. The summed E-state index contributed by atoms with van der Waals surface area (Å²) in [4.78, 5) is 12.5. The van der Waals surface area contributed by atoms with E-state index in [9.17, 15) is 9.90 Å². The molecule has 0 aliphatic heterocycles.